The number of carbonyl (C=O) groups excluding carboxylic acids is 1. The second-order valence-corrected chi connectivity index (χ2v) is 5.33. The first kappa shape index (κ1) is 17.8. The molecule has 0 radical (unpaired) electrons. The normalized spacial score (nSPS) is 12.1. The molecule has 0 aromatic heterocycles. The van der Waals surface area contributed by atoms with E-state index in [0.29, 0.717) is 11.6 Å². The molecular formula is C11H16ClNO5S. The van der Waals surface area contributed by atoms with E-state index in [-0.39, 0.29) is 10.9 Å². The fourth-order valence-electron chi connectivity index (χ4n) is 0.880. The van der Waals surface area contributed by atoms with Crippen LogP contribution < -0.4 is 5.73 Å². The van der Waals surface area contributed by atoms with Gasteiger partial charge in [0.15, 0.2) is 0 Å². The van der Waals surface area contributed by atoms with Crippen molar-refractivity contribution in [2.45, 2.75) is 24.8 Å². The van der Waals surface area contributed by atoms with Crippen LogP contribution in [0, 0.1) is 0 Å². The zero-order valence-electron chi connectivity index (χ0n) is 10.5. The molecule has 1 aromatic carbocycles. The smallest absolute Gasteiger partial charge is 0.322 e. The van der Waals surface area contributed by atoms with Crippen LogP contribution in [0.15, 0.2) is 29.2 Å². The fourth-order valence-corrected chi connectivity index (χ4v) is 1.49. The largest absolute Gasteiger partial charge is 0.465 e. The number of hydrogen-bond donors (Lipinski definition) is 2. The monoisotopic (exact) mass is 309 g/mol. The third-order valence-electron chi connectivity index (χ3n) is 1.77. The molecule has 1 atom stereocenters. The lowest BCUT2D eigenvalue weighted by atomic mass is 10.4. The van der Waals surface area contributed by atoms with E-state index in [1.807, 2.05) is 0 Å². The summed E-state index contributed by atoms with van der Waals surface area (Å²) < 4.78 is 34.0. The van der Waals surface area contributed by atoms with Crippen LogP contribution in [0.5, 0.6) is 0 Å². The molecule has 0 aliphatic heterocycles. The number of nitrogens with two attached hydrogens (primary N) is 1. The first-order valence-electron chi connectivity index (χ1n) is 5.33. The van der Waals surface area contributed by atoms with Crippen molar-refractivity contribution in [2.75, 3.05) is 6.61 Å². The summed E-state index contributed by atoms with van der Waals surface area (Å²) in [5, 5.41) is 0.428. The van der Waals surface area contributed by atoms with E-state index in [2.05, 4.69) is 4.74 Å². The van der Waals surface area contributed by atoms with Gasteiger partial charge in [0.05, 0.1) is 11.5 Å². The average Bonchev–Trinajstić information content (AvgIpc) is 2.29. The maximum absolute atomic E-state index is 10.5. The number of ether oxygens (including phenoxy) is 1. The Balaban J connectivity index is 0.000000362. The van der Waals surface area contributed by atoms with Gasteiger partial charge < -0.3 is 10.5 Å². The van der Waals surface area contributed by atoms with Crippen molar-refractivity contribution < 1.29 is 22.5 Å². The molecule has 8 heteroatoms. The minimum absolute atomic E-state index is 0.151. The Morgan fingerprint density at radius 2 is 1.89 bits per heavy atom. The highest BCUT2D eigenvalue weighted by Crippen LogP contribution is 2.12. The first-order chi connectivity index (χ1) is 8.68. The van der Waals surface area contributed by atoms with Crippen LogP contribution in [-0.4, -0.2) is 31.6 Å². The number of benzene rings is 1. The van der Waals surface area contributed by atoms with Gasteiger partial charge in [-0.1, -0.05) is 11.6 Å². The molecule has 0 saturated heterocycles. The van der Waals surface area contributed by atoms with Crippen LogP contribution in [0.4, 0.5) is 0 Å². The van der Waals surface area contributed by atoms with Gasteiger partial charge in [-0.15, -0.1) is 0 Å². The molecule has 0 bridgehead atoms. The van der Waals surface area contributed by atoms with Gasteiger partial charge in [0.2, 0.25) is 0 Å². The summed E-state index contributed by atoms with van der Waals surface area (Å²) >= 11 is 5.49. The molecular weight excluding hydrogens is 294 g/mol. The van der Waals surface area contributed by atoms with Crippen molar-refractivity contribution in [3.63, 3.8) is 0 Å². The standard InChI is InChI=1S/C6H5ClO3S.C5H11NO2/c7-5-1-3-6(4-2-5)11(8,9)10;1-3-8-5(7)4(2)6/h1-4H,(H,8,9,10);4H,3,6H2,1-2H3/t;4-/m.0/s1. The Morgan fingerprint density at radius 1 is 1.42 bits per heavy atom. The van der Waals surface area contributed by atoms with Crippen molar-refractivity contribution in [1.82, 2.24) is 0 Å². The van der Waals surface area contributed by atoms with E-state index in [1.165, 1.54) is 24.3 Å². The van der Waals surface area contributed by atoms with Gasteiger partial charge in [-0.05, 0) is 38.1 Å². The van der Waals surface area contributed by atoms with Crippen molar-refractivity contribution in [3.8, 4) is 0 Å². The second-order valence-electron chi connectivity index (χ2n) is 3.47. The predicted molar refractivity (Wildman–Crippen MR) is 71.5 cm³/mol. The lowest BCUT2D eigenvalue weighted by molar-refractivity contribution is -0.144. The zero-order valence-corrected chi connectivity index (χ0v) is 12.1. The van der Waals surface area contributed by atoms with Gasteiger partial charge in [0.1, 0.15) is 6.04 Å². The summed E-state index contributed by atoms with van der Waals surface area (Å²) in [4.78, 5) is 10.2. The van der Waals surface area contributed by atoms with Crippen molar-refractivity contribution in [3.05, 3.63) is 29.3 Å². The van der Waals surface area contributed by atoms with Gasteiger partial charge >= 0.3 is 5.97 Å². The molecule has 6 nitrogen and oxygen atoms in total. The Kier molecular flexibility index (Phi) is 7.62. The van der Waals surface area contributed by atoms with Crippen molar-refractivity contribution in [1.29, 1.82) is 0 Å². The zero-order chi connectivity index (χ0) is 15.1. The number of rotatable bonds is 3. The lowest BCUT2D eigenvalue weighted by Gasteiger charge is -2.02. The van der Waals surface area contributed by atoms with Crippen LogP contribution in [0.1, 0.15) is 13.8 Å². The van der Waals surface area contributed by atoms with E-state index >= 15 is 0 Å². The molecule has 0 fully saturated rings. The third-order valence-corrected chi connectivity index (χ3v) is 2.89. The van der Waals surface area contributed by atoms with Gasteiger partial charge in [-0.3, -0.25) is 9.35 Å². The highest BCUT2D eigenvalue weighted by molar-refractivity contribution is 7.85. The van der Waals surface area contributed by atoms with Gasteiger partial charge in [0, 0.05) is 5.02 Å². The number of hydrogen-bond acceptors (Lipinski definition) is 5. The quantitative estimate of drug-likeness (QED) is 0.647. The topological polar surface area (TPSA) is 107 Å². The maximum atomic E-state index is 10.5. The summed E-state index contributed by atoms with van der Waals surface area (Å²) in [5.74, 6) is -0.340. The number of halogens is 1. The van der Waals surface area contributed by atoms with Crippen LogP contribution in [0.25, 0.3) is 0 Å². The summed E-state index contributed by atoms with van der Waals surface area (Å²) in [6.07, 6.45) is 0. The first-order valence-corrected chi connectivity index (χ1v) is 7.15. The van der Waals surface area contributed by atoms with E-state index in [1.54, 1.807) is 13.8 Å². The Morgan fingerprint density at radius 3 is 2.16 bits per heavy atom. The van der Waals surface area contributed by atoms with Gasteiger partial charge in [-0.25, -0.2) is 0 Å². The maximum Gasteiger partial charge on any atom is 0.322 e. The molecule has 108 valence electrons. The molecule has 0 amide bonds. The highest BCUT2D eigenvalue weighted by Gasteiger charge is 2.07. The van der Waals surface area contributed by atoms with Gasteiger partial charge in [-0.2, -0.15) is 8.42 Å². The van der Waals surface area contributed by atoms with Gasteiger partial charge in [0.25, 0.3) is 10.1 Å². The minimum atomic E-state index is -4.08. The van der Waals surface area contributed by atoms with E-state index < -0.39 is 16.2 Å². The molecule has 3 N–H and O–H groups in total. The number of esters is 1. The fraction of sp³-hybridized carbons (Fsp3) is 0.364. The molecule has 1 rings (SSSR count). The van der Waals surface area contributed by atoms with E-state index in [4.69, 9.17) is 21.9 Å². The SMILES string of the molecule is CCOC(=O)[C@H](C)N.O=S(=O)(O)c1ccc(Cl)cc1. The second kappa shape index (κ2) is 8.11. The summed E-state index contributed by atoms with van der Waals surface area (Å²) in [6, 6.07) is 4.76. The van der Waals surface area contributed by atoms with E-state index in [0.717, 1.165) is 0 Å². The van der Waals surface area contributed by atoms with Crippen LogP contribution in [0.2, 0.25) is 5.02 Å². The van der Waals surface area contributed by atoms with Crippen LogP contribution in [0.3, 0.4) is 0 Å². The molecule has 0 heterocycles. The summed E-state index contributed by atoms with van der Waals surface area (Å²) in [5.41, 5.74) is 5.15. The van der Waals surface area contributed by atoms with Crippen LogP contribution >= 0.6 is 11.6 Å². The molecule has 19 heavy (non-hydrogen) atoms. The molecule has 1 aromatic rings. The minimum Gasteiger partial charge on any atom is -0.465 e. The van der Waals surface area contributed by atoms with E-state index in [9.17, 15) is 13.2 Å². The lowest BCUT2D eigenvalue weighted by Crippen LogP contribution is -2.28. The molecule has 0 spiro atoms. The third kappa shape index (κ3) is 7.78. The molecule has 0 unspecified atom stereocenters. The summed E-state index contributed by atoms with van der Waals surface area (Å²) in [7, 11) is -4.08. The molecule has 0 aliphatic carbocycles. The van der Waals surface area contributed by atoms with Crippen molar-refractivity contribution in [2.24, 2.45) is 5.73 Å². The molecule has 0 aliphatic rings. The number of carbonyl (C=O) groups is 1. The highest BCUT2D eigenvalue weighted by atomic mass is 35.5. The van der Waals surface area contributed by atoms with Crippen LogP contribution in [-0.2, 0) is 19.6 Å². The Bertz CT molecular complexity index is 498. The van der Waals surface area contributed by atoms with Crippen molar-refractivity contribution >= 4 is 27.7 Å². The Hall–Kier alpha value is -1.15. The summed E-state index contributed by atoms with van der Waals surface area (Å²) in [6.45, 7) is 3.75. The average molecular weight is 310 g/mol. The Labute approximate surface area is 117 Å². The molecule has 0 saturated carbocycles. The predicted octanol–water partition coefficient (Wildman–Crippen LogP) is 1.48.